The van der Waals surface area contributed by atoms with Crippen molar-refractivity contribution in [3.05, 3.63) is 102 Å². The first-order chi connectivity index (χ1) is 15.4. The summed E-state index contributed by atoms with van der Waals surface area (Å²) in [6.07, 6.45) is 0.0437. The number of amides is 2. The third kappa shape index (κ3) is 4.39. The topological polar surface area (TPSA) is 58.6 Å². The van der Waals surface area contributed by atoms with Gasteiger partial charge in [-0.05, 0) is 49.7 Å². The fraction of sp³-hybridized carbons (Fsp3) is 0.154. The molecule has 0 saturated carbocycles. The van der Waals surface area contributed by atoms with Crippen LogP contribution in [0.15, 0.2) is 84.6 Å². The molecule has 4 rings (SSSR count). The van der Waals surface area contributed by atoms with Gasteiger partial charge in [0.2, 0.25) is 0 Å². The Morgan fingerprint density at radius 3 is 2.19 bits per heavy atom. The minimum absolute atomic E-state index is 0.0437. The van der Waals surface area contributed by atoms with Crippen molar-refractivity contribution in [3.63, 3.8) is 0 Å². The van der Waals surface area contributed by atoms with Gasteiger partial charge < -0.3 is 10.1 Å². The first kappa shape index (κ1) is 21.3. The van der Waals surface area contributed by atoms with Crippen LogP contribution >= 0.6 is 0 Å². The summed E-state index contributed by atoms with van der Waals surface area (Å²) in [5.41, 5.74) is 1.95. The predicted octanol–water partition coefficient (Wildman–Crippen LogP) is 5.01. The molecule has 5 nitrogen and oxygen atoms in total. The lowest BCUT2D eigenvalue weighted by molar-refractivity contribution is -0.137. The van der Waals surface area contributed by atoms with E-state index >= 15 is 0 Å². The van der Waals surface area contributed by atoms with Gasteiger partial charge in [0.1, 0.15) is 17.3 Å². The molecule has 1 heterocycles. The highest BCUT2D eigenvalue weighted by atomic mass is 19.1. The minimum Gasteiger partial charge on any atom is -0.491 e. The zero-order valence-corrected chi connectivity index (χ0v) is 17.8. The molecule has 0 unspecified atom stereocenters. The summed E-state index contributed by atoms with van der Waals surface area (Å²) < 4.78 is 19.9. The van der Waals surface area contributed by atoms with Gasteiger partial charge in [-0.1, -0.05) is 48.5 Å². The van der Waals surface area contributed by atoms with Crippen molar-refractivity contribution in [2.24, 2.45) is 0 Å². The van der Waals surface area contributed by atoms with Gasteiger partial charge in [0.15, 0.2) is 0 Å². The highest BCUT2D eigenvalue weighted by Crippen LogP contribution is 2.32. The van der Waals surface area contributed by atoms with Crippen molar-refractivity contribution >= 4 is 23.1 Å². The Balaban J connectivity index is 1.67. The van der Waals surface area contributed by atoms with Gasteiger partial charge >= 0.3 is 0 Å². The normalized spacial score (nSPS) is 13.8. The number of benzene rings is 3. The molecule has 1 N–H and O–H groups in total. The predicted molar refractivity (Wildman–Crippen MR) is 121 cm³/mol. The first-order valence-electron chi connectivity index (χ1n) is 10.4. The van der Waals surface area contributed by atoms with Gasteiger partial charge in [0.05, 0.1) is 18.2 Å². The van der Waals surface area contributed by atoms with Gasteiger partial charge in [-0.3, -0.25) is 14.5 Å². The number of halogens is 1. The molecule has 0 radical (unpaired) electrons. The van der Waals surface area contributed by atoms with E-state index in [1.165, 1.54) is 6.07 Å². The van der Waals surface area contributed by atoms with E-state index in [0.717, 1.165) is 4.90 Å². The van der Waals surface area contributed by atoms with E-state index in [1.807, 2.05) is 19.9 Å². The minimum atomic E-state index is -0.500. The number of imide groups is 1. The summed E-state index contributed by atoms with van der Waals surface area (Å²) in [5, 5.41) is 3.10. The fourth-order valence-corrected chi connectivity index (χ4v) is 3.54. The number of ether oxygens (including phenoxy) is 1. The van der Waals surface area contributed by atoms with Crippen LogP contribution in [0.25, 0.3) is 5.57 Å². The van der Waals surface area contributed by atoms with Crippen LogP contribution in [0.5, 0.6) is 5.75 Å². The van der Waals surface area contributed by atoms with Gasteiger partial charge in [-0.25, -0.2) is 4.39 Å². The monoisotopic (exact) mass is 430 g/mol. The lowest BCUT2D eigenvalue weighted by atomic mass is 10.0. The van der Waals surface area contributed by atoms with E-state index in [4.69, 9.17) is 4.74 Å². The van der Waals surface area contributed by atoms with Crippen molar-refractivity contribution in [2.75, 3.05) is 5.32 Å². The van der Waals surface area contributed by atoms with Crippen LogP contribution in [0.3, 0.4) is 0 Å². The summed E-state index contributed by atoms with van der Waals surface area (Å²) in [7, 11) is 0. The summed E-state index contributed by atoms with van der Waals surface area (Å²) in [5.74, 6) is -0.722. The van der Waals surface area contributed by atoms with E-state index in [1.54, 1.807) is 66.7 Å². The molecule has 0 saturated heterocycles. The van der Waals surface area contributed by atoms with Crippen molar-refractivity contribution in [3.8, 4) is 5.75 Å². The quantitative estimate of drug-likeness (QED) is 0.536. The van der Waals surface area contributed by atoms with E-state index in [0.29, 0.717) is 17.0 Å². The molecule has 0 spiro atoms. The molecule has 0 fully saturated rings. The molecule has 0 atom stereocenters. The molecular weight excluding hydrogens is 407 g/mol. The van der Waals surface area contributed by atoms with Crippen LogP contribution in [0.1, 0.15) is 25.0 Å². The van der Waals surface area contributed by atoms with Gasteiger partial charge in [0.25, 0.3) is 11.8 Å². The lowest BCUT2D eigenvalue weighted by Crippen LogP contribution is -2.32. The van der Waals surface area contributed by atoms with Crippen LogP contribution in [-0.4, -0.2) is 22.8 Å². The van der Waals surface area contributed by atoms with E-state index in [2.05, 4.69) is 5.32 Å². The summed E-state index contributed by atoms with van der Waals surface area (Å²) >= 11 is 0. The summed E-state index contributed by atoms with van der Waals surface area (Å²) in [4.78, 5) is 27.6. The average Bonchev–Trinajstić information content (AvgIpc) is 3.01. The second-order valence-corrected chi connectivity index (χ2v) is 7.72. The Morgan fingerprint density at radius 2 is 1.53 bits per heavy atom. The Morgan fingerprint density at radius 1 is 0.875 bits per heavy atom. The van der Waals surface area contributed by atoms with Crippen molar-refractivity contribution in [1.82, 2.24) is 4.90 Å². The molecule has 0 bridgehead atoms. The van der Waals surface area contributed by atoms with Crippen LogP contribution in [0.2, 0.25) is 0 Å². The molecule has 2 amide bonds. The molecule has 3 aromatic rings. The maximum atomic E-state index is 14.2. The number of nitrogens with zero attached hydrogens (tertiary/aromatic N) is 1. The van der Waals surface area contributed by atoms with Gasteiger partial charge in [-0.2, -0.15) is 0 Å². The van der Waals surface area contributed by atoms with E-state index in [9.17, 15) is 14.0 Å². The summed E-state index contributed by atoms with van der Waals surface area (Å²) in [6, 6.07) is 22.3. The van der Waals surface area contributed by atoms with Crippen LogP contribution in [-0.2, 0) is 16.1 Å². The molecule has 32 heavy (non-hydrogen) atoms. The molecule has 0 aliphatic carbocycles. The van der Waals surface area contributed by atoms with Crippen molar-refractivity contribution in [1.29, 1.82) is 0 Å². The third-order valence-corrected chi connectivity index (χ3v) is 5.01. The standard InChI is InChI=1S/C26H23FN2O3/c1-17(2)32-21-14-12-20(13-15-21)28-24-23(18-8-4-3-5-9-18)25(30)29(26(24)31)16-19-10-6-7-11-22(19)27/h3-15,17,28H,16H2,1-2H3. The molecule has 1 aliphatic heterocycles. The number of rotatable bonds is 7. The second kappa shape index (κ2) is 9.06. The molecule has 6 heteroatoms. The van der Waals surface area contributed by atoms with E-state index in [-0.39, 0.29) is 29.5 Å². The summed E-state index contributed by atoms with van der Waals surface area (Å²) in [6.45, 7) is 3.74. The third-order valence-electron chi connectivity index (χ3n) is 5.01. The highest BCUT2D eigenvalue weighted by Gasteiger charge is 2.39. The van der Waals surface area contributed by atoms with Crippen molar-refractivity contribution < 1.29 is 18.7 Å². The average molecular weight is 430 g/mol. The van der Waals surface area contributed by atoms with E-state index < -0.39 is 17.6 Å². The first-order valence-corrected chi connectivity index (χ1v) is 10.4. The van der Waals surface area contributed by atoms with Crippen LogP contribution in [0.4, 0.5) is 10.1 Å². The number of nitrogens with one attached hydrogen (secondary N) is 1. The smallest absolute Gasteiger partial charge is 0.278 e. The second-order valence-electron chi connectivity index (χ2n) is 7.72. The molecule has 0 aromatic heterocycles. The van der Waals surface area contributed by atoms with Crippen LogP contribution < -0.4 is 10.1 Å². The largest absolute Gasteiger partial charge is 0.491 e. The zero-order valence-electron chi connectivity index (χ0n) is 17.8. The number of hydrogen-bond acceptors (Lipinski definition) is 4. The Bertz CT molecular complexity index is 1170. The zero-order chi connectivity index (χ0) is 22.7. The Hall–Kier alpha value is -3.93. The molecular formula is C26H23FN2O3. The number of hydrogen-bond donors (Lipinski definition) is 1. The maximum Gasteiger partial charge on any atom is 0.278 e. The maximum absolute atomic E-state index is 14.2. The SMILES string of the molecule is CC(C)Oc1ccc(NC2=C(c3ccccc3)C(=O)N(Cc3ccccc3F)C2=O)cc1. The van der Waals surface area contributed by atoms with Gasteiger partial charge in [0, 0.05) is 11.3 Å². The molecule has 1 aliphatic rings. The Kier molecular flexibility index (Phi) is 6.03. The van der Waals surface area contributed by atoms with Gasteiger partial charge in [-0.15, -0.1) is 0 Å². The highest BCUT2D eigenvalue weighted by molar-refractivity contribution is 6.36. The number of carbonyl (C=O) groups is 2. The molecule has 162 valence electrons. The number of anilines is 1. The number of carbonyl (C=O) groups excluding carboxylic acids is 2. The molecule has 3 aromatic carbocycles. The van der Waals surface area contributed by atoms with Crippen molar-refractivity contribution in [2.45, 2.75) is 26.5 Å². The fourth-order valence-electron chi connectivity index (χ4n) is 3.54. The lowest BCUT2D eigenvalue weighted by Gasteiger charge is -2.16. The Labute approximate surface area is 186 Å². The van der Waals surface area contributed by atoms with Crippen LogP contribution in [0, 0.1) is 5.82 Å².